The van der Waals surface area contributed by atoms with E-state index in [1.165, 1.54) is 0 Å². The van der Waals surface area contributed by atoms with Crippen LogP contribution in [0.4, 0.5) is 11.5 Å². The molecule has 1 saturated heterocycles. The summed E-state index contributed by atoms with van der Waals surface area (Å²) in [5.41, 5.74) is 3.88. The molecule has 1 fully saturated rings. The lowest BCUT2D eigenvalue weighted by atomic mass is 9.99. The highest BCUT2D eigenvalue weighted by atomic mass is 15.3. The predicted molar refractivity (Wildman–Crippen MR) is 130 cm³/mol. The number of guanidine groups is 1. The molecule has 1 atom stereocenters. The van der Waals surface area contributed by atoms with Crippen molar-refractivity contribution in [1.82, 2.24) is 14.9 Å². The highest BCUT2D eigenvalue weighted by Gasteiger charge is 2.30. The van der Waals surface area contributed by atoms with Crippen LogP contribution in [0.3, 0.4) is 0 Å². The van der Waals surface area contributed by atoms with Crippen LogP contribution in [0.15, 0.2) is 59.7 Å². The Morgan fingerprint density at radius 2 is 1.84 bits per heavy atom. The minimum Gasteiger partial charge on any atom is -0.353 e. The van der Waals surface area contributed by atoms with Gasteiger partial charge in [-0.3, -0.25) is 4.98 Å². The molecule has 0 amide bonds. The molecule has 0 bridgehead atoms. The lowest BCUT2D eigenvalue weighted by Gasteiger charge is -2.34. The molecule has 4 rings (SSSR count). The molecule has 0 aliphatic carbocycles. The van der Waals surface area contributed by atoms with E-state index in [1.54, 1.807) is 0 Å². The van der Waals surface area contributed by atoms with Gasteiger partial charge in [-0.25, -0.2) is 4.98 Å². The Bertz CT molecular complexity index is 1150. The van der Waals surface area contributed by atoms with Crippen molar-refractivity contribution in [3.8, 4) is 6.19 Å². The van der Waals surface area contributed by atoms with Gasteiger partial charge in [0.15, 0.2) is 0 Å². The molecule has 2 heterocycles. The van der Waals surface area contributed by atoms with Gasteiger partial charge in [0.25, 0.3) is 0 Å². The number of aryl methyl sites for hydroxylation is 1. The third-order valence-corrected chi connectivity index (χ3v) is 6.05. The number of nitrogens with one attached hydrogen (secondary N) is 1. The van der Waals surface area contributed by atoms with Gasteiger partial charge in [-0.15, -0.1) is 4.99 Å². The van der Waals surface area contributed by atoms with Crippen molar-refractivity contribution in [2.24, 2.45) is 10.9 Å². The Labute approximate surface area is 189 Å². The predicted octanol–water partition coefficient (Wildman–Crippen LogP) is 4.42. The number of nitriles is 1. The zero-order valence-corrected chi connectivity index (χ0v) is 18.9. The Morgan fingerprint density at radius 1 is 1.09 bits per heavy atom. The highest BCUT2D eigenvalue weighted by Crippen LogP contribution is 2.24. The van der Waals surface area contributed by atoms with Crippen molar-refractivity contribution < 1.29 is 0 Å². The first kappa shape index (κ1) is 21.6. The fourth-order valence-electron chi connectivity index (χ4n) is 4.28. The average molecular weight is 428 g/mol. The van der Waals surface area contributed by atoms with Crippen molar-refractivity contribution in [2.75, 3.05) is 29.9 Å². The van der Waals surface area contributed by atoms with Crippen LogP contribution < -0.4 is 10.2 Å². The number of fused-ring (bicyclic) bond motifs is 1. The first-order valence-electron chi connectivity index (χ1n) is 11.1. The van der Waals surface area contributed by atoms with Crippen LogP contribution in [-0.2, 0) is 0 Å². The lowest BCUT2D eigenvalue weighted by Crippen LogP contribution is -2.47. The van der Waals surface area contributed by atoms with Crippen molar-refractivity contribution in [3.05, 3.63) is 60.3 Å². The smallest absolute Gasteiger partial charge is 0.214 e. The molecule has 3 aromatic rings. The van der Waals surface area contributed by atoms with Crippen LogP contribution in [0.1, 0.15) is 25.8 Å². The van der Waals surface area contributed by atoms with Gasteiger partial charge in [0, 0.05) is 31.4 Å². The summed E-state index contributed by atoms with van der Waals surface area (Å²) in [5.74, 6) is 1.89. The first-order valence-corrected chi connectivity index (χ1v) is 11.1. The monoisotopic (exact) mass is 427 g/mol. The van der Waals surface area contributed by atoms with Crippen molar-refractivity contribution in [1.29, 1.82) is 5.26 Å². The van der Waals surface area contributed by atoms with Crippen LogP contribution in [0, 0.1) is 24.3 Å². The number of rotatable bonds is 3. The van der Waals surface area contributed by atoms with E-state index in [1.807, 2.05) is 54.9 Å². The molecule has 1 aliphatic rings. The van der Waals surface area contributed by atoms with E-state index < -0.39 is 0 Å². The number of hydrogen-bond donors (Lipinski definition) is 1. The zero-order valence-electron chi connectivity index (χ0n) is 18.9. The van der Waals surface area contributed by atoms with E-state index >= 15 is 0 Å². The average Bonchev–Trinajstić information content (AvgIpc) is 3.03. The van der Waals surface area contributed by atoms with Gasteiger partial charge in [-0.2, -0.15) is 5.26 Å². The van der Waals surface area contributed by atoms with E-state index in [-0.39, 0.29) is 6.04 Å². The maximum Gasteiger partial charge on any atom is 0.214 e. The molecule has 1 unspecified atom stereocenters. The molecule has 7 heteroatoms. The van der Waals surface area contributed by atoms with Crippen molar-refractivity contribution >= 4 is 28.5 Å². The first-order chi connectivity index (χ1) is 15.6. The Morgan fingerprint density at radius 3 is 2.59 bits per heavy atom. The number of benzene rings is 2. The second-order valence-electron chi connectivity index (χ2n) is 8.47. The Hall–Kier alpha value is -3.66. The van der Waals surface area contributed by atoms with Crippen LogP contribution in [0.2, 0.25) is 0 Å². The SMILES string of the molecule is Cc1ccccc1N/C(=N\C#N)N1CCN(c2cnc3ccccc3n2)CCC1C(C)C. The van der Waals surface area contributed by atoms with Gasteiger partial charge >= 0.3 is 0 Å². The molecule has 2 aromatic carbocycles. The van der Waals surface area contributed by atoms with Crippen molar-refractivity contribution in [3.63, 3.8) is 0 Å². The summed E-state index contributed by atoms with van der Waals surface area (Å²) in [6, 6.07) is 16.2. The van der Waals surface area contributed by atoms with E-state index in [9.17, 15) is 5.26 Å². The van der Waals surface area contributed by atoms with Gasteiger partial charge in [0.05, 0.1) is 17.2 Å². The molecule has 1 aliphatic heterocycles. The molecule has 0 saturated carbocycles. The summed E-state index contributed by atoms with van der Waals surface area (Å²) in [4.78, 5) is 18.2. The fraction of sp³-hybridized carbons (Fsp3) is 0.360. The number of anilines is 2. The summed E-state index contributed by atoms with van der Waals surface area (Å²) >= 11 is 0. The molecule has 1 aromatic heterocycles. The van der Waals surface area contributed by atoms with Crippen LogP contribution >= 0.6 is 0 Å². The number of nitrogens with zero attached hydrogens (tertiary/aromatic N) is 6. The zero-order chi connectivity index (χ0) is 22.5. The normalized spacial score (nSPS) is 17.3. The molecule has 0 radical (unpaired) electrons. The Kier molecular flexibility index (Phi) is 6.50. The number of aromatic nitrogens is 2. The quantitative estimate of drug-likeness (QED) is 0.378. The molecule has 164 valence electrons. The number of hydrogen-bond acceptors (Lipinski definition) is 5. The summed E-state index contributed by atoms with van der Waals surface area (Å²) in [6.07, 6.45) is 4.79. The van der Waals surface area contributed by atoms with E-state index in [0.717, 1.165) is 54.2 Å². The highest BCUT2D eigenvalue weighted by molar-refractivity contribution is 5.95. The summed E-state index contributed by atoms with van der Waals surface area (Å²) < 4.78 is 0. The summed E-state index contributed by atoms with van der Waals surface area (Å²) in [6.45, 7) is 8.88. The minimum absolute atomic E-state index is 0.247. The van der Waals surface area contributed by atoms with Crippen molar-refractivity contribution in [2.45, 2.75) is 33.2 Å². The number of para-hydroxylation sites is 3. The van der Waals surface area contributed by atoms with E-state index in [4.69, 9.17) is 4.98 Å². The van der Waals surface area contributed by atoms with Gasteiger partial charge in [-0.05, 0) is 43.0 Å². The second-order valence-corrected chi connectivity index (χ2v) is 8.47. The lowest BCUT2D eigenvalue weighted by molar-refractivity contribution is 0.256. The van der Waals surface area contributed by atoms with Gasteiger partial charge in [0.1, 0.15) is 5.82 Å². The molecular formula is C25H29N7. The minimum atomic E-state index is 0.247. The third-order valence-electron chi connectivity index (χ3n) is 6.05. The van der Waals surface area contributed by atoms with Crippen LogP contribution in [0.25, 0.3) is 11.0 Å². The maximum absolute atomic E-state index is 9.41. The standard InChI is InChI=1S/C25H29N7/c1-18(2)23-12-13-31(24-16-27-21-10-6-7-11-22(21)29-24)14-15-32(23)25(28-17-26)30-20-9-5-4-8-19(20)3/h4-11,16,18,23H,12-15H2,1-3H3,(H,28,30). The fourth-order valence-corrected chi connectivity index (χ4v) is 4.28. The topological polar surface area (TPSA) is 80.4 Å². The van der Waals surface area contributed by atoms with Crippen LogP contribution in [-0.4, -0.2) is 46.5 Å². The number of aliphatic imine (C=N–C) groups is 1. The van der Waals surface area contributed by atoms with E-state index in [0.29, 0.717) is 11.9 Å². The third kappa shape index (κ3) is 4.65. The van der Waals surface area contributed by atoms with Gasteiger partial charge in [0.2, 0.25) is 12.2 Å². The summed E-state index contributed by atoms with van der Waals surface area (Å²) in [5, 5.41) is 12.8. The van der Waals surface area contributed by atoms with Crippen LogP contribution in [0.5, 0.6) is 0 Å². The Balaban J connectivity index is 1.60. The molecule has 7 nitrogen and oxygen atoms in total. The largest absolute Gasteiger partial charge is 0.353 e. The summed E-state index contributed by atoms with van der Waals surface area (Å²) in [7, 11) is 0. The molecule has 1 N–H and O–H groups in total. The van der Waals surface area contributed by atoms with E-state index in [2.05, 4.69) is 51.9 Å². The van der Waals surface area contributed by atoms with Gasteiger partial charge in [-0.1, -0.05) is 44.2 Å². The van der Waals surface area contributed by atoms with Gasteiger partial charge < -0.3 is 15.1 Å². The second kappa shape index (κ2) is 9.65. The maximum atomic E-state index is 9.41. The molecule has 0 spiro atoms. The molecular weight excluding hydrogens is 398 g/mol. The molecule has 32 heavy (non-hydrogen) atoms.